The summed E-state index contributed by atoms with van der Waals surface area (Å²) in [5.41, 5.74) is 1.67. The Balaban J connectivity index is 1.92. The highest BCUT2D eigenvalue weighted by molar-refractivity contribution is 7.99. The quantitative estimate of drug-likeness (QED) is 0.668. The topological polar surface area (TPSA) is 58.4 Å². The lowest BCUT2D eigenvalue weighted by Crippen LogP contribution is -2.36. The van der Waals surface area contributed by atoms with Gasteiger partial charge in [0.05, 0.1) is 4.92 Å². The zero-order valence-corrected chi connectivity index (χ0v) is 13.0. The van der Waals surface area contributed by atoms with E-state index in [2.05, 4.69) is 10.2 Å². The summed E-state index contributed by atoms with van der Waals surface area (Å²) < 4.78 is 0. The first kappa shape index (κ1) is 15.4. The van der Waals surface area contributed by atoms with Gasteiger partial charge in [-0.25, -0.2) is 0 Å². The molecule has 20 heavy (non-hydrogen) atoms. The molecule has 110 valence electrons. The molecule has 0 unspecified atom stereocenters. The maximum Gasteiger partial charge on any atom is 0.288 e. The van der Waals surface area contributed by atoms with E-state index in [1.807, 2.05) is 18.7 Å². The molecule has 0 aromatic heterocycles. The minimum Gasteiger partial charge on any atom is -0.383 e. The summed E-state index contributed by atoms with van der Waals surface area (Å²) >= 11 is 7.92. The van der Waals surface area contributed by atoms with Crippen molar-refractivity contribution in [3.05, 3.63) is 32.8 Å². The summed E-state index contributed by atoms with van der Waals surface area (Å²) in [6.45, 7) is 5.91. The van der Waals surface area contributed by atoms with Crippen molar-refractivity contribution in [2.75, 3.05) is 43.0 Å². The lowest BCUT2D eigenvalue weighted by molar-refractivity contribution is -0.384. The molecular weight excluding hydrogens is 298 g/mol. The van der Waals surface area contributed by atoms with Crippen LogP contribution in [-0.4, -0.2) is 47.5 Å². The van der Waals surface area contributed by atoms with E-state index in [0.29, 0.717) is 0 Å². The molecule has 1 aliphatic rings. The molecule has 0 saturated carbocycles. The van der Waals surface area contributed by atoms with Crippen LogP contribution in [0.5, 0.6) is 0 Å². The molecule has 0 atom stereocenters. The SMILES string of the molecule is Cc1cc([N+](=O)[O-])c(Cl)cc1NCCN1CCSCC1. The summed E-state index contributed by atoms with van der Waals surface area (Å²) in [5, 5.41) is 14.3. The second-order valence-corrected chi connectivity index (χ2v) is 6.39. The van der Waals surface area contributed by atoms with E-state index in [1.54, 1.807) is 6.07 Å². The molecule has 1 aliphatic heterocycles. The first-order chi connectivity index (χ1) is 9.58. The third-order valence-electron chi connectivity index (χ3n) is 3.34. The van der Waals surface area contributed by atoms with Gasteiger partial charge in [-0.1, -0.05) is 11.6 Å². The Kier molecular flexibility index (Phi) is 5.51. The highest BCUT2D eigenvalue weighted by Gasteiger charge is 2.15. The third-order valence-corrected chi connectivity index (χ3v) is 4.58. The van der Waals surface area contributed by atoms with Crippen LogP contribution in [0.2, 0.25) is 5.02 Å². The first-order valence-corrected chi connectivity index (χ1v) is 8.09. The van der Waals surface area contributed by atoms with Gasteiger partial charge >= 0.3 is 0 Å². The molecule has 7 heteroatoms. The van der Waals surface area contributed by atoms with Crippen molar-refractivity contribution in [2.45, 2.75) is 6.92 Å². The number of hydrogen-bond donors (Lipinski definition) is 1. The molecule has 5 nitrogen and oxygen atoms in total. The smallest absolute Gasteiger partial charge is 0.288 e. The lowest BCUT2D eigenvalue weighted by Gasteiger charge is -2.26. The monoisotopic (exact) mass is 315 g/mol. The number of nitrogens with zero attached hydrogens (tertiary/aromatic N) is 2. The van der Waals surface area contributed by atoms with Crippen molar-refractivity contribution in [3.63, 3.8) is 0 Å². The van der Waals surface area contributed by atoms with Crippen LogP contribution in [0.25, 0.3) is 0 Å². The van der Waals surface area contributed by atoms with Gasteiger partial charge < -0.3 is 5.32 Å². The molecule has 1 heterocycles. The average molecular weight is 316 g/mol. The predicted molar refractivity (Wildman–Crippen MR) is 85.1 cm³/mol. The van der Waals surface area contributed by atoms with Gasteiger partial charge in [0.25, 0.3) is 5.69 Å². The Hall–Kier alpha value is -0.980. The van der Waals surface area contributed by atoms with E-state index in [0.717, 1.165) is 37.4 Å². The second kappa shape index (κ2) is 7.15. The summed E-state index contributed by atoms with van der Waals surface area (Å²) in [7, 11) is 0. The van der Waals surface area contributed by atoms with Crippen LogP contribution in [0.1, 0.15) is 5.56 Å². The minimum atomic E-state index is -0.454. The standard InChI is InChI=1S/C13H18ClN3O2S/c1-10-8-13(17(18)19)11(14)9-12(10)15-2-3-16-4-6-20-7-5-16/h8-9,15H,2-7H2,1H3. The number of rotatable bonds is 5. The zero-order valence-electron chi connectivity index (χ0n) is 11.4. The lowest BCUT2D eigenvalue weighted by atomic mass is 10.2. The molecule has 1 N–H and O–H groups in total. The van der Waals surface area contributed by atoms with E-state index >= 15 is 0 Å². The Bertz CT molecular complexity index is 493. The first-order valence-electron chi connectivity index (χ1n) is 6.56. The Morgan fingerprint density at radius 1 is 1.45 bits per heavy atom. The van der Waals surface area contributed by atoms with Gasteiger partial charge in [-0.2, -0.15) is 11.8 Å². The van der Waals surface area contributed by atoms with Crippen molar-refractivity contribution < 1.29 is 4.92 Å². The second-order valence-electron chi connectivity index (χ2n) is 4.76. The van der Waals surface area contributed by atoms with E-state index < -0.39 is 4.92 Å². The summed E-state index contributed by atoms with van der Waals surface area (Å²) in [6.07, 6.45) is 0. The molecule has 0 aliphatic carbocycles. The number of benzene rings is 1. The van der Waals surface area contributed by atoms with E-state index in [1.165, 1.54) is 17.6 Å². The van der Waals surface area contributed by atoms with Crippen molar-refractivity contribution in [1.82, 2.24) is 4.90 Å². The molecule has 1 aromatic rings. The number of nitro benzene ring substituents is 1. The molecule has 0 amide bonds. The third kappa shape index (κ3) is 4.01. The maximum atomic E-state index is 10.8. The Labute approximate surface area is 127 Å². The molecule has 0 bridgehead atoms. The fraction of sp³-hybridized carbons (Fsp3) is 0.538. The van der Waals surface area contributed by atoms with E-state index in [9.17, 15) is 10.1 Å². The van der Waals surface area contributed by atoms with Crippen LogP contribution in [0, 0.1) is 17.0 Å². The number of halogens is 1. The highest BCUT2D eigenvalue weighted by Crippen LogP contribution is 2.30. The Morgan fingerprint density at radius 2 is 2.15 bits per heavy atom. The summed E-state index contributed by atoms with van der Waals surface area (Å²) in [4.78, 5) is 12.8. The average Bonchev–Trinajstić information content (AvgIpc) is 2.43. The van der Waals surface area contributed by atoms with Crippen molar-refractivity contribution in [3.8, 4) is 0 Å². The maximum absolute atomic E-state index is 10.8. The summed E-state index contributed by atoms with van der Waals surface area (Å²) in [5.74, 6) is 2.39. The van der Waals surface area contributed by atoms with Gasteiger partial charge in [-0.15, -0.1) is 0 Å². The molecule has 1 saturated heterocycles. The van der Waals surface area contributed by atoms with Crippen LogP contribution in [0.4, 0.5) is 11.4 Å². The number of aryl methyl sites for hydroxylation is 1. The number of nitro groups is 1. The number of anilines is 1. The van der Waals surface area contributed by atoms with Crippen LogP contribution in [0.3, 0.4) is 0 Å². The molecule has 2 rings (SSSR count). The van der Waals surface area contributed by atoms with Crippen LogP contribution >= 0.6 is 23.4 Å². The molecule has 1 aromatic carbocycles. The number of thioether (sulfide) groups is 1. The molecular formula is C13H18ClN3O2S. The van der Waals surface area contributed by atoms with Gasteiger partial charge in [0.2, 0.25) is 0 Å². The van der Waals surface area contributed by atoms with Gasteiger partial charge in [0.1, 0.15) is 5.02 Å². The van der Waals surface area contributed by atoms with E-state index in [4.69, 9.17) is 11.6 Å². The van der Waals surface area contributed by atoms with Crippen LogP contribution in [-0.2, 0) is 0 Å². The fourth-order valence-corrected chi connectivity index (χ4v) is 3.38. The van der Waals surface area contributed by atoms with E-state index in [-0.39, 0.29) is 10.7 Å². The summed E-state index contributed by atoms with van der Waals surface area (Å²) in [6, 6.07) is 3.16. The zero-order chi connectivity index (χ0) is 14.5. The molecule has 1 fully saturated rings. The normalized spacial score (nSPS) is 16.1. The van der Waals surface area contributed by atoms with Crippen molar-refractivity contribution in [2.24, 2.45) is 0 Å². The molecule has 0 spiro atoms. The highest BCUT2D eigenvalue weighted by atomic mass is 35.5. The van der Waals surface area contributed by atoms with Crippen LogP contribution < -0.4 is 5.32 Å². The number of nitrogens with one attached hydrogen (secondary N) is 1. The van der Waals surface area contributed by atoms with Crippen molar-refractivity contribution >= 4 is 34.7 Å². The fourth-order valence-electron chi connectivity index (χ4n) is 2.17. The minimum absolute atomic E-state index is 0.0391. The molecule has 0 radical (unpaired) electrons. The largest absolute Gasteiger partial charge is 0.383 e. The number of hydrogen-bond acceptors (Lipinski definition) is 5. The predicted octanol–water partition coefficient (Wildman–Crippen LogP) is 3.02. The van der Waals surface area contributed by atoms with Gasteiger partial charge in [-0.05, 0) is 18.6 Å². The van der Waals surface area contributed by atoms with Gasteiger partial charge in [0.15, 0.2) is 0 Å². The van der Waals surface area contributed by atoms with Crippen LogP contribution in [0.15, 0.2) is 12.1 Å². The van der Waals surface area contributed by atoms with Gasteiger partial charge in [-0.3, -0.25) is 15.0 Å². The van der Waals surface area contributed by atoms with Gasteiger partial charge in [0, 0.05) is 49.4 Å². The Morgan fingerprint density at radius 3 is 2.80 bits per heavy atom. The van der Waals surface area contributed by atoms with Crippen molar-refractivity contribution in [1.29, 1.82) is 0 Å².